The van der Waals surface area contributed by atoms with Crippen molar-refractivity contribution in [1.82, 2.24) is 24.5 Å². The highest BCUT2D eigenvalue weighted by atomic mass is 32.2. The fraction of sp³-hybridized carbons (Fsp3) is 0.294. The Labute approximate surface area is 150 Å². The molecule has 0 amide bonds. The summed E-state index contributed by atoms with van der Waals surface area (Å²) in [5.74, 6) is 0.821. The average Bonchev–Trinajstić information content (AvgIpc) is 3.16. The van der Waals surface area contributed by atoms with Crippen LogP contribution < -0.4 is 0 Å². The summed E-state index contributed by atoms with van der Waals surface area (Å²) in [7, 11) is 1.61. The molecule has 1 aromatic carbocycles. The number of carbonyl (C=O) groups is 1. The molecule has 8 heteroatoms. The van der Waals surface area contributed by atoms with Crippen molar-refractivity contribution in [3.63, 3.8) is 0 Å². The fourth-order valence-corrected chi connectivity index (χ4v) is 3.33. The Morgan fingerprint density at radius 3 is 2.60 bits per heavy atom. The van der Waals surface area contributed by atoms with Crippen LogP contribution in [0.1, 0.15) is 22.0 Å². The number of aryl methyl sites for hydroxylation is 2. The lowest BCUT2D eigenvalue weighted by Gasteiger charge is -2.09. The van der Waals surface area contributed by atoms with Gasteiger partial charge in [-0.3, -0.25) is 9.36 Å². The van der Waals surface area contributed by atoms with Crippen LogP contribution in [0.2, 0.25) is 0 Å². The third kappa shape index (κ3) is 3.80. The average molecular weight is 357 g/mol. The summed E-state index contributed by atoms with van der Waals surface area (Å²) in [4.78, 5) is 12.4. The van der Waals surface area contributed by atoms with E-state index in [-0.39, 0.29) is 11.7 Å². The Balaban J connectivity index is 1.83. The molecule has 25 heavy (non-hydrogen) atoms. The van der Waals surface area contributed by atoms with E-state index in [4.69, 9.17) is 4.74 Å². The number of carbonyl (C=O) groups excluding carboxylic acids is 1. The minimum absolute atomic E-state index is 0.0912. The van der Waals surface area contributed by atoms with E-state index in [1.165, 1.54) is 16.4 Å². The third-order valence-electron chi connectivity index (χ3n) is 3.56. The summed E-state index contributed by atoms with van der Waals surface area (Å²) in [6.07, 6.45) is 0. The van der Waals surface area contributed by atoms with Gasteiger partial charge in [0.05, 0.1) is 11.4 Å². The Morgan fingerprint density at radius 1 is 1.20 bits per heavy atom. The number of rotatable bonds is 6. The molecule has 2 heterocycles. The first kappa shape index (κ1) is 17.4. The van der Waals surface area contributed by atoms with Gasteiger partial charge in [0.2, 0.25) is 0 Å². The molecule has 0 atom stereocenters. The predicted octanol–water partition coefficient (Wildman–Crippen LogP) is 2.66. The standard InChI is InChI=1S/C17H19N5O2S/c1-12-9-13(2)22(20-12)16(23)11-25-17-19-18-15(10-24-3)21(17)14-7-5-4-6-8-14/h4-9H,10-11H2,1-3H3. The van der Waals surface area contributed by atoms with Crippen LogP contribution in [0.3, 0.4) is 0 Å². The quantitative estimate of drug-likeness (QED) is 0.632. The van der Waals surface area contributed by atoms with E-state index in [0.29, 0.717) is 17.6 Å². The molecule has 0 aliphatic heterocycles. The van der Waals surface area contributed by atoms with Crippen molar-refractivity contribution in [2.45, 2.75) is 25.6 Å². The zero-order valence-corrected chi connectivity index (χ0v) is 15.2. The van der Waals surface area contributed by atoms with Gasteiger partial charge in [-0.05, 0) is 32.0 Å². The van der Waals surface area contributed by atoms with Crippen LogP contribution in [0.5, 0.6) is 0 Å². The summed E-state index contributed by atoms with van der Waals surface area (Å²) in [5.41, 5.74) is 2.58. The summed E-state index contributed by atoms with van der Waals surface area (Å²) in [6.45, 7) is 4.08. The molecule has 0 unspecified atom stereocenters. The molecule has 130 valence electrons. The number of nitrogens with zero attached hydrogens (tertiary/aromatic N) is 5. The number of methoxy groups -OCH3 is 1. The van der Waals surface area contributed by atoms with Gasteiger partial charge in [0.25, 0.3) is 5.91 Å². The first-order chi connectivity index (χ1) is 12.1. The summed E-state index contributed by atoms with van der Waals surface area (Å²) < 4.78 is 8.54. The molecule has 0 N–H and O–H groups in total. The molecule has 0 bridgehead atoms. The monoisotopic (exact) mass is 357 g/mol. The first-order valence-corrected chi connectivity index (χ1v) is 8.76. The van der Waals surface area contributed by atoms with Gasteiger partial charge in [0, 0.05) is 18.5 Å². The maximum absolute atomic E-state index is 12.4. The van der Waals surface area contributed by atoms with E-state index in [2.05, 4.69) is 15.3 Å². The van der Waals surface area contributed by atoms with E-state index >= 15 is 0 Å². The van der Waals surface area contributed by atoms with Gasteiger partial charge in [-0.25, -0.2) is 4.68 Å². The van der Waals surface area contributed by atoms with E-state index in [1.807, 2.05) is 54.8 Å². The van der Waals surface area contributed by atoms with E-state index in [1.54, 1.807) is 7.11 Å². The van der Waals surface area contributed by atoms with Crippen LogP contribution in [0.4, 0.5) is 0 Å². The van der Waals surface area contributed by atoms with Gasteiger partial charge in [-0.1, -0.05) is 30.0 Å². The number of thioether (sulfide) groups is 1. The highest BCUT2D eigenvalue weighted by Gasteiger charge is 2.17. The van der Waals surface area contributed by atoms with Crippen molar-refractivity contribution in [2.24, 2.45) is 0 Å². The third-order valence-corrected chi connectivity index (χ3v) is 4.47. The van der Waals surface area contributed by atoms with E-state index in [9.17, 15) is 4.79 Å². The predicted molar refractivity (Wildman–Crippen MR) is 95.1 cm³/mol. The Hall–Kier alpha value is -2.45. The van der Waals surface area contributed by atoms with E-state index < -0.39 is 0 Å². The van der Waals surface area contributed by atoms with Crippen LogP contribution in [0, 0.1) is 13.8 Å². The van der Waals surface area contributed by atoms with Crippen LogP contribution in [0.25, 0.3) is 5.69 Å². The van der Waals surface area contributed by atoms with Crippen molar-refractivity contribution >= 4 is 17.7 Å². The number of aromatic nitrogens is 5. The molecule has 0 saturated heterocycles. The van der Waals surface area contributed by atoms with Crippen molar-refractivity contribution in [3.05, 3.63) is 53.6 Å². The lowest BCUT2D eigenvalue weighted by Crippen LogP contribution is -2.16. The zero-order valence-electron chi connectivity index (χ0n) is 14.3. The summed E-state index contributed by atoms with van der Waals surface area (Å²) in [5, 5.41) is 13.3. The molecule has 3 aromatic rings. The largest absolute Gasteiger partial charge is 0.377 e. The number of hydrogen-bond donors (Lipinski definition) is 0. The maximum atomic E-state index is 12.4. The molecule has 0 aliphatic carbocycles. The highest BCUT2D eigenvalue weighted by molar-refractivity contribution is 7.99. The highest BCUT2D eigenvalue weighted by Crippen LogP contribution is 2.22. The van der Waals surface area contributed by atoms with Crippen LogP contribution in [-0.4, -0.2) is 43.3 Å². The number of para-hydroxylation sites is 1. The zero-order chi connectivity index (χ0) is 17.8. The summed E-state index contributed by atoms with van der Waals surface area (Å²) >= 11 is 1.33. The lowest BCUT2D eigenvalue weighted by atomic mass is 10.3. The molecule has 2 aromatic heterocycles. The van der Waals surface area contributed by atoms with Gasteiger partial charge < -0.3 is 4.74 Å². The first-order valence-electron chi connectivity index (χ1n) is 7.78. The van der Waals surface area contributed by atoms with Crippen molar-refractivity contribution < 1.29 is 9.53 Å². The fourth-order valence-electron chi connectivity index (χ4n) is 2.52. The van der Waals surface area contributed by atoms with E-state index in [0.717, 1.165) is 17.1 Å². The molecule has 3 rings (SSSR count). The molecule has 0 radical (unpaired) electrons. The molecule has 0 spiro atoms. The van der Waals surface area contributed by atoms with Gasteiger partial charge >= 0.3 is 0 Å². The summed E-state index contributed by atoms with van der Waals surface area (Å²) in [6, 6.07) is 11.7. The Bertz CT molecular complexity index is 873. The minimum Gasteiger partial charge on any atom is -0.377 e. The van der Waals surface area contributed by atoms with Crippen molar-refractivity contribution in [2.75, 3.05) is 12.9 Å². The molecule has 7 nitrogen and oxygen atoms in total. The molecular formula is C17H19N5O2S. The van der Waals surface area contributed by atoms with Crippen molar-refractivity contribution in [3.8, 4) is 5.69 Å². The SMILES string of the molecule is COCc1nnc(SCC(=O)n2nc(C)cc2C)n1-c1ccccc1. The molecule has 0 fully saturated rings. The van der Waals surface area contributed by atoms with Gasteiger partial charge in [-0.15, -0.1) is 10.2 Å². The smallest absolute Gasteiger partial charge is 0.257 e. The second kappa shape index (κ2) is 7.62. The Kier molecular flexibility index (Phi) is 5.30. The molecular weight excluding hydrogens is 338 g/mol. The lowest BCUT2D eigenvalue weighted by molar-refractivity contribution is 0.0924. The molecule has 0 aliphatic rings. The second-order valence-electron chi connectivity index (χ2n) is 5.52. The molecule has 0 saturated carbocycles. The maximum Gasteiger partial charge on any atom is 0.257 e. The minimum atomic E-state index is -0.0912. The number of ether oxygens (including phenoxy) is 1. The van der Waals surface area contributed by atoms with Gasteiger partial charge in [-0.2, -0.15) is 5.10 Å². The van der Waals surface area contributed by atoms with Gasteiger partial charge in [0.15, 0.2) is 11.0 Å². The van der Waals surface area contributed by atoms with Crippen LogP contribution >= 0.6 is 11.8 Å². The van der Waals surface area contributed by atoms with Gasteiger partial charge in [0.1, 0.15) is 6.61 Å². The van der Waals surface area contributed by atoms with Crippen LogP contribution in [0.15, 0.2) is 41.6 Å². The Morgan fingerprint density at radius 2 is 1.96 bits per heavy atom. The number of benzene rings is 1. The topological polar surface area (TPSA) is 74.8 Å². The second-order valence-corrected chi connectivity index (χ2v) is 6.47. The number of hydrogen-bond acceptors (Lipinski definition) is 6. The van der Waals surface area contributed by atoms with Crippen molar-refractivity contribution in [1.29, 1.82) is 0 Å². The van der Waals surface area contributed by atoms with Crippen LogP contribution in [-0.2, 0) is 11.3 Å². The normalized spacial score (nSPS) is 11.0.